The van der Waals surface area contributed by atoms with Crippen molar-refractivity contribution < 1.29 is 0 Å². The lowest BCUT2D eigenvalue weighted by atomic mass is 10.2. The van der Waals surface area contributed by atoms with E-state index in [2.05, 4.69) is 9.98 Å². The van der Waals surface area contributed by atoms with Crippen molar-refractivity contribution in [3.8, 4) is 6.19 Å². The largest absolute Gasteiger partial charge is 0.358 e. The van der Waals surface area contributed by atoms with Crippen molar-refractivity contribution in [2.45, 2.75) is 13.5 Å². The fourth-order valence-electron chi connectivity index (χ4n) is 1.08. The van der Waals surface area contributed by atoms with Crippen LogP contribution in [0.5, 0.6) is 0 Å². The summed E-state index contributed by atoms with van der Waals surface area (Å²) in [5.41, 5.74) is 0.834. The minimum atomic E-state index is 0.360. The Morgan fingerprint density at radius 2 is 2.31 bits per heavy atom. The molecule has 1 rings (SSSR count). The van der Waals surface area contributed by atoms with Crippen LogP contribution < -0.4 is 0 Å². The van der Waals surface area contributed by atoms with Gasteiger partial charge in [-0.25, -0.2) is 4.98 Å². The van der Waals surface area contributed by atoms with Crippen LogP contribution in [0.1, 0.15) is 12.5 Å². The molecule has 16 heavy (non-hydrogen) atoms. The number of pyridine rings is 1. The Morgan fingerprint density at radius 1 is 1.62 bits per heavy atom. The molecule has 0 fully saturated rings. The van der Waals surface area contributed by atoms with Crippen LogP contribution >= 0.6 is 23.2 Å². The molecule has 0 aliphatic carbocycles. The van der Waals surface area contributed by atoms with Gasteiger partial charge in [0.25, 0.3) is 0 Å². The van der Waals surface area contributed by atoms with Gasteiger partial charge in [-0.2, -0.15) is 10.3 Å². The van der Waals surface area contributed by atoms with E-state index in [1.807, 2.05) is 7.05 Å². The smallest absolute Gasteiger partial charge is 0.207 e. The van der Waals surface area contributed by atoms with E-state index in [0.29, 0.717) is 22.6 Å². The number of hydrogen-bond acceptors (Lipinski definition) is 3. The average Bonchev–Trinajstić information content (AvgIpc) is 2.22. The van der Waals surface area contributed by atoms with Crippen LogP contribution in [0.15, 0.2) is 17.3 Å². The normalized spacial score (nSPS) is 11.1. The molecule has 0 saturated heterocycles. The molecular weight excluding hydrogens is 247 g/mol. The molecule has 0 aliphatic rings. The summed E-state index contributed by atoms with van der Waals surface area (Å²) in [4.78, 5) is 9.38. The van der Waals surface area contributed by atoms with Crippen molar-refractivity contribution in [3.05, 3.63) is 28.0 Å². The Kier molecular flexibility index (Phi) is 4.53. The standard InChI is InChI=1S/C10H10Cl2N4/c1-7(15-6-13)16(2)5-8-4-14-10(12)3-9(8)11/h3-4H,5H2,1-2H3/b15-7+. The molecule has 0 atom stereocenters. The van der Waals surface area contributed by atoms with Crippen molar-refractivity contribution in [2.24, 2.45) is 4.99 Å². The van der Waals surface area contributed by atoms with E-state index in [1.165, 1.54) is 0 Å². The van der Waals surface area contributed by atoms with E-state index < -0.39 is 0 Å². The fraction of sp³-hybridized carbons (Fsp3) is 0.300. The molecule has 1 aromatic rings. The van der Waals surface area contributed by atoms with Crippen molar-refractivity contribution in [1.82, 2.24) is 9.88 Å². The number of amidine groups is 1. The lowest BCUT2D eigenvalue weighted by Crippen LogP contribution is -2.23. The quantitative estimate of drug-likeness (QED) is 0.354. The molecule has 0 saturated carbocycles. The number of nitrogens with zero attached hydrogens (tertiary/aromatic N) is 4. The summed E-state index contributed by atoms with van der Waals surface area (Å²) in [7, 11) is 1.82. The Hall–Kier alpha value is -1.31. The predicted molar refractivity (Wildman–Crippen MR) is 64.4 cm³/mol. The second-order valence-electron chi connectivity index (χ2n) is 3.21. The van der Waals surface area contributed by atoms with Crippen molar-refractivity contribution in [2.75, 3.05) is 7.05 Å². The number of hydrogen-bond donors (Lipinski definition) is 0. The second kappa shape index (κ2) is 5.69. The van der Waals surface area contributed by atoms with Gasteiger partial charge in [-0.15, -0.1) is 0 Å². The third kappa shape index (κ3) is 3.37. The topological polar surface area (TPSA) is 52.3 Å². The Labute approximate surface area is 104 Å². The summed E-state index contributed by atoms with van der Waals surface area (Å²) in [6.07, 6.45) is 3.35. The van der Waals surface area contributed by atoms with Crippen molar-refractivity contribution in [1.29, 1.82) is 5.26 Å². The highest BCUT2D eigenvalue weighted by molar-refractivity contribution is 6.34. The highest BCUT2D eigenvalue weighted by Gasteiger charge is 2.07. The number of rotatable bonds is 2. The first-order valence-electron chi connectivity index (χ1n) is 4.49. The van der Waals surface area contributed by atoms with Crippen LogP contribution in [0, 0.1) is 11.5 Å². The zero-order valence-corrected chi connectivity index (χ0v) is 10.4. The average molecular weight is 257 g/mol. The van der Waals surface area contributed by atoms with Crippen LogP contribution in [0.25, 0.3) is 0 Å². The van der Waals surface area contributed by atoms with Gasteiger partial charge in [-0.1, -0.05) is 23.2 Å². The maximum atomic E-state index is 8.42. The van der Waals surface area contributed by atoms with Crippen LogP contribution in [0.2, 0.25) is 10.2 Å². The molecule has 0 amide bonds. The molecule has 4 nitrogen and oxygen atoms in total. The molecule has 0 radical (unpaired) electrons. The molecule has 1 heterocycles. The first-order valence-corrected chi connectivity index (χ1v) is 5.24. The van der Waals surface area contributed by atoms with E-state index in [-0.39, 0.29) is 0 Å². The molecule has 0 aliphatic heterocycles. The molecule has 6 heteroatoms. The van der Waals surface area contributed by atoms with Gasteiger partial charge in [0.2, 0.25) is 6.19 Å². The number of aliphatic imine (C=N–C) groups is 1. The van der Waals surface area contributed by atoms with Crippen LogP contribution in [0.3, 0.4) is 0 Å². The van der Waals surface area contributed by atoms with Gasteiger partial charge in [0.05, 0.1) is 5.02 Å². The second-order valence-corrected chi connectivity index (χ2v) is 4.01. The maximum Gasteiger partial charge on any atom is 0.207 e. The Balaban J connectivity index is 2.82. The van der Waals surface area contributed by atoms with Crippen LogP contribution in [-0.4, -0.2) is 22.8 Å². The van der Waals surface area contributed by atoms with Crippen molar-refractivity contribution in [3.63, 3.8) is 0 Å². The highest BCUT2D eigenvalue weighted by atomic mass is 35.5. The van der Waals surface area contributed by atoms with Crippen LogP contribution in [-0.2, 0) is 6.54 Å². The summed E-state index contributed by atoms with van der Waals surface area (Å²) in [6.45, 7) is 2.28. The van der Waals surface area contributed by atoms with Gasteiger partial charge in [-0.3, -0.25) is 0 Å². The summed E-state index contributed by atoms with van der Waals surface area (Å²) < 4.78 is 0. The SMILES string of the molecule is C/C(=N\C#N)N(C)Cc1cnc(Cl)cc1Cl. The third-order valence-electron chi connectivity index (χ3n) is 2.07. The van der Waals surface area contributed by atoms with Gasteiger partial charge in [-0.05, 0) is 13.0 Å². The molecule has 1 aromatic heterocycles. The van der Waals surface area contributed by atoms with Gasteiger partial charge in [0.1, 0.15) is 11.0 Å². The lowest BCUT2D eigenvalue weighted by Gasteiger charge is -2.18. The predicted octanol–water partition coefficient (Wildman–Crippen LogP) is 2.72. The number of halogens is 2. The highest BCUT2D eigenvalue weighted by Crippen LogP contribution is 2.19. The minimum Gasteiger partial charge on any atom is -0.358 e. The zero-order chi connectivity index (χ0) is 12.1. The van der Waals surface area contributed by atoms with E-state index in [0.717, 1.165) is 5.56 Å². The lowest BCUT2D eigenvalue weighted by molar-refractivity contribution is 0.497. The third-order valence-corrected chi connectivity index (χ3v) is 2.63. The van der Waals surface area contributed by atoms with Gasteiger partial charge >= 0.3 is 0 Å². The maximum absolute atomic E-state index is 8.42. The summed E-state index contributed by atoms with van der Waals surface area (Å²) in [5.74, 6) is 0.619. The Bertz CT molecular complexity index is 451. The first kappa shape index (κ1) is 12.8. The minimum absolute atomic E-state index is 0.360. The molecule has 0 spiro atoms. The number of aromatic nitrogens is 1. The van der Waals surface area contributed by atoms with Gasteiger partial charge in [0.15, 0.2) is 0 Å². The van der Waals surface area contributed by atoms with Gasteiger partial charge in [0, 0.05) is 25.4 Å². The van der Waals surface area contributed by atoms with E-state index >= 15 is 0 Å². The monoisotopic (exact) mass is 256 g/mol. The van der Waals surface area contributed by atoms with E-state index in [1.54, 1.807) is 30.3 Å². The molecule has 0 N–H and O–H groups in total. The summed E-state index contributed by atoms with van der Waals surface area (Å²) >= 11 is 11.7. The summed E-state index contributed by atoms with van der Waals surface area (Å²) in [5, 5.41) is 9.34. The Morgan fingerprint density at radius 3 is 2.88 bits per heavy atom. The fourth-order valence-corrected chi connectivity index (χ4v) is 1.51. The molecular formula is C10H10Cl2N4. The first-order chi connectivity index (χ1) is 7.54. The molecule has 0 aromatic carbocycles. The van der Waals surface area contributed by atoms with Crippen LogP contribution in [0.4, 0.5) is 0 Å². The number of nitriles is 1. The van der Waals surface area contributed by atoms with E-state index in [9.17, 15) is 0 Å². The van der Waals surface area contributed by atoms with Gasteiger partial charge < -0.3 is 4.90 Å². The van der Waals surface area contributed by atoms with E-state index in [4.69, 9.17) is 28.5 Å². The summed E-state index contributed by atoms with van der Waals surface area (Å²) in [6, 6.07) is 1.59. The molecule has 0 unspecified atom stereocenters. The molecule has 0 bridgehead atoms. The zero-order valence-electron chi connectivity index (χ0n) is 8.91. The van der Waals surface area contributed by atoms with Crippen molar-refractivity contribution >= 4 is 29.0 Å². The molecule has 84 valence electrons.